The van der Waals surface area contributed by atoms with E-state index >= 15 is 0 Å². The number of rotatable bonds is 6. The van der Waals surface area contributed by atoms with Crippen LogP contribution in [0.25, 0.3) is 5.69 Å². The van der Waals surface area contributed by atoms with Crippen LogP contribution in [0.3, 0.4) is 0 Å². The van der Waals surface area contributed by atoms with Gasteiger partial charge in [0.25, 0.3) is 0 Å². The lowest BCUT2D eigenvalue weighted by molar-refractivity contribution is 0.431. The van der Waals surface area contributed by atoms with Crippen LogP contribution in [-0.4, -0.2) is 34.3 Å². The lowest BCUT2D eigenvalue weighted by Gasteiger charge is -2.30. The summed E-state index contributed by atoms with van der Waals surface area (Å²) < 4.78 is 1.99. The molecule has 2 N–H and O–H groups in total. The lowest BCUT2D eigenvalue weighted by atomic mass is 9.79. The summed E-state index contributed by atoms with van der Waals surface area (Å²) in [4.78, 5) is 4.41. The van der Waals surface area contributed by atoms with Gasteiger partial charge in [-0.15, -0.1) is 34.2 Å². The Labute approximate surface area is 195 Å². The second kappa shape index (κ2) is 10.6. The summed E-state index contributed by atoms with van der Waals surface area (Å²) >= 11 is 0. The van der Waals surface area contributed by atoms with E-state index in [1.807, 2.05) is 34.9 Å². The zero-order chi connectivity index (χ0) is 19.9. The molecule has 158 valence electrons. The highest BCUT2D eigenvalue weighted by atomic mass is 127. The maximum atomic E-state index is 4.41. The number of halogens is 1. The molecule has 0 aliphatic heterocycles. The molecule has 6 nitrogen and oxygen atoms in total. The van der Waals surface area contributed by atoms with Crippen LogP contribution < -0.4 is 10.6 Å². The minimum atomic E-state index is 0. The minimum absolute atomic E-state index is 0. The van der Waals surface area contributed by atoms with Gasteiger partial charge in [0, 0.05) is 24.7 Å². The van der Waals surface area contributed by atoms with Crippen LogP contribution in [0.4, 0.5) is 0 Å². The molecule has 1 aromatic heterocycles. The Morgan fingerprint density at radius 3 is 2.33 bits per heavy atom. The van der Waals surface area contributed by atoms with E-state index in [4.69, 9.17) is 0 Å². The van der Waals surface area contributed by atoms with E-state index in [9.17, 15) is 0 Å². The maximum absolute atomic E-state index is 4.41. The minimum Gasteiger partial charge on any atom is -0.356 e. The summed E-state index contributed by atoms with van der Waals surface area (Å²) in [6.45, 7) is 1.43. The molecule has 7 heteroatoms. The second-order valence-electron chi connectivity index (χ2n) is 7.59. The van der Waals surface area contributed by atoms with Crippen LogP contribution in [0.5, 0.6) is 0 Å². The molecule has 1 fully saturated rings. The zero-order valence-electron chi connectivity index (χ0n) is 17.3. The third kappa shape index (κ3) is 5.00. The van der Waals surface area contributed by atoms with Crippen LogP contribution >= 0.6 is 24.0 Å². The van der Waals surface area contributed by atoms with Crippen LogP contribution in [-0.2, 0) is 12.0 Å². The first-order valence-electron chi connectivity index (χ1n) is 10.3. The molecule has 2 aromatic carbocycles. The summed E-state index contributed by atoms with van der Waals surface area (Å²) in [6, 6.07) is 21.0. The van der Waals surface area contributed by atoms with Crippen molar-refractivity contribution in [2.75, 3.05) is 13.6 Å². The Morgan fingerprint density at radius 1 is 1.00 bits per heavy atom. The Hall–Kier alpha value is -2.42. The monoisotopic (exact) mass is 516 g/mol. The maximum Gasteiger partial charge on any atom is 0.191 e. The van der Waals surface area contributed by atoms with E-state index < -0.39 is 0 Å². The highest BCUT2D eigenvalue weighted by Gasteiger charge is 2.35. The van der Waals surface area contributed by atoms with Crippen LogP contribution in [0.15, 0.2) is 72.0 Å². The number of nitrogens with zero attached hydrogens (tertiary/aromatic N) is 4. The predicted molar refractivity (Wildman–Crippen MR) is 132 cm³/mol. The van der Waals surface area contributed by atoms with Crippen molar-refractivity contribution in [2.24, 2.45) is 4.99 Å². The number of nitrogens with one attached hydrogen (secondary N) is 2. The number of hydrogen-bond donors (Lipinski definition) is 2. The van der Waals surface area contributed by atoms with Crippen molar-refractivity contribution in [3.8, 4) is 5.69 Å². The first-order valence-corrected chi connectivity index (χ1v) is 10.3. The Kier molecular flexibility index (Phi) is 7.84. The molecule has 1 saturated carbocycles. The zero-order valence-corrected chi connectivity index (χ0v) is 19.6. The third-order valence-corrected chi connectivity index (χ3v) is 5.83. The topological polar surface area (TPSA) is 67.1 Å². The third-order valence-electron chi connectivity index (χ3n) is 5.83. The molecule has 1 aliphatic carbocycles. The molecule has 30 heavy (non-hydrogen) atoms. The Balaban J connectivity index is 0.00000256. The fourth-order valence-electron chi connectivity index (χ4n) is 4.23. The molecule has 3 aromatic rings. The molecule has 0 bridgehead atoms. The van der Waals surface area contributed by atoms with Gasteiger partial charge in [0.1, 0.15) is 6.33 Å². The average molecular weight is 516 g/mol. The molecule has 0 spiro atoms. The summed E-state index contributed by atoms with van der Waals surface area (Å²) in [6.07, 6.45) is 6.73. The molecular weight excluding hydrogens is 487 g/mol. The largest absolute Gasteiger partial charge is 0.356 e. The number of aromatic nitrogens is 3. The van der Waals surface area contributed by atoms with Gasteiger partial charge in [-0.2, -0.15) is 0 Å². The summed E-state index contributed by atoms with van der Waals surface area (Å²) in [5.41, 5.74) is 2.65. The fourth-order valence-corrected chi connectivity index (χ4v) is 4.23. The van der Waals surface area contributed by atoms with E-state index in [2.05, 4.69) is 56.2 Å². The number of guanidine groups is 1. The van der Waals surface area contributed by atoms with Gasteiger partial charge < -0.3 is 10.6 Å². The van der Waals surface area contributed by atoms with Crippen LogP contribution in [0, 0.1) is 0 Å². The normalized spacial score (nSPS) is 15.4. The van der Waals surface area contributed by atoms with Crippen molar-refractivity contribution in [2.45, 2.75) is 37.6 Å². The van der Waals surface area contributed by atoms with Crippen molar-refractivity contribution >= 4 is 29.9 Å². The van der Waals surface area contributed by atoms with E-state index in [0.29, 0.717) is 6.54 Å². The van der Waals surface area contributed by atoms with Crippen molar-refractivity contribution in [3.63, 3.8) is 0 Å². The van der Waals surface area contributed by atoms with Crippen molar-refractivity contribution in [1.29, 1.82) is 0 Å². The highest BCUT2D eigenvalue weighted by molar-refractivity contribution is 14.0. The molecule has 0 saturated heterocycles. The fraction of sp³-hybridized carbons (Fsp3) is 0.348. The summed E-state index contributed by atoms with van der Waals surface area (Å²) in [5.74, 6) is 1.63. The number of aliphatic imine (C=N–C) groups is 1. The van der Waals surface area contributed by atoms with Crippen LogP contribution in [0.1, 0.15) is 37.1 Å². The average Bonchev–Trinajstić information content (AvgIpc) is 3.46. The van der Waals surface area contributed by atoms with Gasteiger partial charge in [-0.3, -0.25) is 9.56 Å². The molecule has 0 unspecified atom stereocenters. The number of para-hydroxylation sites is 1. The molecule has 0 radical (unpaired) electrons. The molecule has 0 atom stereocenters. The van der Waals surface area contributed by atoms with Gasteiger partial charge in [0.2, 0.25) is 0 Å². The van der Waals surface area contributed by atoms with E-state index in [1.54, 1.807) is 13.4 Å². The van der Waals surface area contributed by atoms with Gasteiger partial charge in [-0.25, -0.2) is 0 Å². The quantitative estimate of drug-likeness (QED) is 0.295. The summed E-state index contributed by atoms with van der Waals surface area (Å²) in [5, 5.41) is 15.3. The van der Waals surface area contributed by atoms with Crippen molar-refractivity contribution < 1.29 is 0 Å². The molecule has 1 aliphatic rings. The molecule has 1 heterocycles. The number of benzene rings is 2. The second-order valence-corrected chi connectivity index (χ2v) is 7.59. The standard InChI is InChI=1S/C23H28N6.HI/c1-24-22(25-16-21-28-27-18-29(21)20-12-6-3-7-13-20)26-17-23(14-8-9-15-23)19-10-4-2-5-11-19;/h2-7,10-13,18H,8-9,14-17H2,1H3,(H2,24,25,26);1H. The summed E-state index contributed by atoms with van der Waals surface area (Å²) in [7, 11) is 1.81. The van der Waals surface area contributed by atoms with E-state index in [-0.39, 0.29) is 29.4 Å². The van der Waals surface area contributed by atoms with Gasteiger partial charge in [0.05, 0.1) is 6.54 Å². The van der Waals surface area contributed by atoms with Gasteiger partial charge in [-0.1, -0.05) is 61.4 Å². The molecular formula is C23H29IN6. The van der Waals surface area contributed by atoms with Gasteiger partial charge in [-0.05, 0) is 30.5 Å². The SMILES string of the molecule is CN=C(NCc1nncn1-c1ccccc1)NCC1(c2ccccc2)CCCC1.I. The van der Waals surface area contributed by atoms with E-state index in [0.717, 1.165) is 24.0 Å². The van der Waals surface area contributed by atoms with E-state index in [1.165, 1.54) is 31.2 Å². The van der Waals surface area contributed by atoms with Gasteiger partial charge >= 0.3 is 0 Å². The lowest BCUT2D eigenvalue weighted by Crippen LogP contribution is -2.44. The Bertz CT molecular complexity index is 933. The first-order chi connectivity index (χ1) is 14.3. The van der Waals surface area contributed by atoms with Gasteiger partial charge in [0.15, 0.2) is 11.8 Å². The smallest absolute Gasteiger partial charge is 0.191 e. The van der Waals surface area contributed by atoms with Crippen molar-refractivity contribution in [1.82, 2.24) is 25.4 Å². The predicted octanol–water partition coefficient (Wildman–Crippen LogP) is 4.06. The highest BCUT2D eigenvalue weighted by Crippen LogP contribution is 2.40. The van der Waals surface area contributed by atoms with Crippen molar-refractivity contribution in [3.05, 3.63) is 78.4 Å². The molecule has 0 amide bonds. The molecule has 4 rings (SSSR count). The Morgan fingerprint density at radius 2 is 1.67 bits per heavy atom. The first kappa shape index (κ1) is 22.3. The number of hydrogen-bond acceptors (Lipinski definition) is 3. The van der Waals surface area contributed by atoms with Crippen LogP contribution in [0.2, 0.25) is 0 Å².